The van der Waals surface area contributed by atoms with Gasteiger partial charge in [0.25, 0.3) is 11.8 Å². The highest BCUT2D eigenvalue weighted by molar-refractivity contribution is 6.00. The maximum Gasteiger partial charge on any atom is 0.251 e. The van der Waals surface area contributed by atoms with Crippen molar-refractivity contribution in [2.24, 2.45) is 0 Å². The van der Waals surface area contributed by atoms with Crippen LogP contribution in [-0.2, 0) is 30.8 Å². The Morgan fingerprint density at radius 1 is 0.896 bits per heavy atom. The van der Waals surface area contributed by atoms with Gasteiger partial charge in [0.05, 0.1) is 17.3 Å². The number of nitrogens with zero attached hydrogens (tertiary/aromatic N) is 3. The van der Waals surface area contributed by atoms with Crippen LogP contribution in [0.4, 0.5) is 5.69 Å². The lowest BCUT2D eigenvalue weighted by molar-refractivity contribution is 0.0904. The highest BCUT2D eigenvalue weighted by atomic mass is 16.5. The van der Waals surface area contributed by atoms with Gasteiger partial charge < -0.3 is 20.7 Å². The molecule has 1 aliphatic heterocycles. The number of carbonyl (C=O) groups excluding carboxylic acids is 2. The van der Waals surface area contributed by atoms with Gasteiger partial charge in [0, 0.05) is 61.3 Å². The second-order valence-corrected chi connectivity index (χ2v) is 12.5. The largest absolute Gasteiger partial charge is 0.381 e. The predicted molar refractivity (Wildman–Crippen MR) is 190 cm³/mol. The number of hydrogen-bond donors (Lipinski definition) is 3. The molecule has 3 N–H and O–H groups in total. The van der Waals surface area contributed by atoms with Crippen molar-refractivity contribution in [2.75, 3.05) is 18.5 Å². The normalized spacial score (nSPS) is 13.4. The Labute approximate surface area is 282 Å². The summed E-state index contributed by atoms with van der Waals surface area (Å²) in [6.45, 7) is 11.1. The first kappa shape index (κ1) is 32.9. The Morgan fingerprint density at radius 3 is 2.33 bits per heavy atom. The molecule has 1 fully saturated rings. The molecule has 0 spiro atoms. The van der Waals surface area contributed by atoms with Crippen molar-refractivity contribution in [2.45, 2.75) is 72.6 Å². The summed E-state index contributed by atoms with van der Waals surface area (Å²) in [4.78, 5) is 31.7. The number of aryl methyl sites for hydroxylation is 4. The average molecular weight is 645 g/mol. The standard InChI is InChI=1S/C39H44N6O3/c1-5-35-33(36(43-31-15-17-48-18-16-31)34-24-42-45(6-2)37(34)44-35)23-41-39(47)30-12-8-11-29(21-30)38(46)40-22-27-14-13-26(4)32(20-27)28-10-7-9-25(3)19-28/h7-14,19-21,24,31H,5-6,15-18,22-23H2,1-4H3,(H,40,46)(H,41,47)(H,43,44). The molecule has 3 aromatic carbocycles. The molecule has 1 aliphatic rings. The van der Waals surface area contributed by atoms with Crippen LogP contribution < -0.4 is 16.0 Å². The Kier molecular flexibility index (Phi) is 10.2. The maximum absolute atomic E-state index is 13.5. The Balaban J connectivity index is 1.16. The van der Waals surface area contributed by atoms with E-state index in [0.717, 1.165) is 77.3 Å². The zero-order chi connectivity index (χ0) is 33.6. The summed E-state index contributed by atoms with van der Waals surface area (Å²) in [6, 6.07) is 21.8. The topological polar surface area (TPSA) is 110 Å². The number of benzene rings is 3. The quantitative estimate of drug-likeness (QED) is 0.147. The monoisotopic (exact) mass is 644 g/mol. The summed E-state index contributed by atoms with van der Waals surface area (Å²) in [5.41, 5.74) is 10.2. The Hall–Kier alpha value is -5.02. The molecule has 0 aliphatic carbocycles. The Morgan fingerprint density at radius 2 is 1.62 bits per heavy atom. The molecule has 0 atom stereocenters. The van der Waals surface area contributed by atoms with Crippen LogP contribution in [0.5, 0.6) is 0 Å². The SMILES string of the molecule is CCc1nc2c(cnn2CC)c(NC2CCOCC2)c1CNC(=O)c1cccc(C(=O)NCc2ccc(C)c(-c3cccc(C)c3)c2)c1. The number of ether oxygens (including phenoxy) is 1. The molecule has 0 bridgehead atoms. The first-order chi connectivity index (χ1) is 23.3. The van der Waals surface area contributed by atoms with Crippen molar-refractivity contribution in [3.8, 4) is 11.1 Å². The number of pyridine rings is 1. The van der Waals surface area contributed by atoms with E-state index >= 15 is 0 Å². The van der Waals surface area contributed by atoms with Gasteiger partial charge in [-0.05, 0) is 86.6 Å². The van der Waals surface area contributed by atoms with Crippen molar-refractivity contribution in [1.29, 1.82) is 0 Å². The third-order valence-corrected chi connectivity index (χ3v) is 9.07. The number of hydrogen-bond acceptors (Lipinski definition) is 6. The molecule has 3 heterocycles. The summed E-state index contributed by atoms with van der Waals surface area (Å²) in [5, 5.41) is 15.4. The summed E-state index contributed by atoms with van der Waals surface area (Å²) in [5.74, 6) is -0.490. The van der Waals surface area contributed by atoms with Gasteiger partial charge in [0.1, 0.15) is 0 Å². The van der Waals surface area contributed by atoms with Crippen LogP contribution in [0.15, 0.2) is 72.9 Å². The summed E-state index contributed by atoms with van der Waals surface area (Å²) < 4.78 is 7.50. The maximum atomic E-state index is 13.5. The number of fused-ring (bicyclic) bond motifs is 1. The number of amides is 2. The summed E-state index contributed by atoms with van der Waals surface area (Å²) in [7, 11) is 0. The first-order valence-corrected chi connectivity index (χ1v) is 16.9. The molecule has 248 valence electrons. The molecule has 2 aromatic heterocycles. The molecule has 9 nitrogen and oxygen atoms in total. The van der Waals surface area contributed by atoms with Crippen LogP contribution in [0, 0.1) is 13.8 Å². The van der Waals surface area contributed by atoms with E-state index in [0.29, 0.717) is 30.6 Å². The molecular weight excluding hydrogens is 600 g/mol. The van der Waals surface area contributed by atoms with Crippen LogP contribution in [0.1, 0.15) is 75.4 Å². The molecule has 2 amide bonds. The number of aromatic nitrogens is 3. The van der Waals surface area contributed by atoms with E-state index in [4.69, 9.17) is 9.72 Å². The highest BCUT2D eigenvalue weighted by Gasteiger charge is 2.22. The van der Waals surface area contributed by atoms with E-state index in [1.165, 1.54) is 11.1 Å². The van der Waals surface area contributed by atoms with Crippen molar-refractivity contribution in [3.63, 3.8) is 0 Å². The summed E-state index contributed by atoms with van der Waals surface area (Å²) >= 11 is 0. The fraction of sp³-hybridized carbons (Fsp3) is 0.333. The number of anilines is 1. The van der Waals surface area contributed by atoms with Gasteiger partial charge in [-0.1, -0.05) is 55.0 Å². The van der Waals surface area contributed by atoms with E-state index in [9.17, 15) is 9.59 Å². The van der Waals surface area contributed by atoms with Gasteiger partial charge in [-0.25, -0.2) is 9.67 Å². The van der Waals surface area contributed by atoms with Gasteiger partial charge in [-0.3, -0.25) is 9.59 Å². The van der Waals surface area contributed by atoms with Gasteiger partial charge in [-0.2, -0.15) is 5.10 Å². The van der Waals surface area contributed by atoms with E-state index in [1.54, 1.807) is 24.3 Å². The van der Waals surface area contributed by atoms with Crippen molar-refractivity contribution >= 4 is 28.5 Å². The first-order valence-electron chi connectivity index (χ1n) is 16.9. The molecule has 6 rings (SSSR count). The predicted octanol–water partition coefficient (Wildman–Crippen LogP) is 6.75. The van der Waals surface area contributed by atoms with Gasteiger partial charge in [0.15, 0.2) is 5.65 Å². The molecule has 0 radical (unpaired) electrons. The van der Waals surface area contributed by atoms with E-state index < -0.39 is 0 Å². The van der Waals surface area contributed by atoms with Crippen molar-refractivity contribution < 1.29 is 14.3 Å². The van der Waals surface area contributed by atoms with Crippen molar-refractivity contribution in [3.05, 3.63) is 112 Å². The van der Waals surface area contributed by atoms with Crippen LogP contribution in [0.25, 0.3) is 22.2 Å². The average Bonchev–Trinajstić information content (AvgIpc) is 3.53. The smallest absolute Gasteiger partial charge is 0.251 e. The fourth-order valence-electron chi connectivity index (χ4n) is 6.36. The van der Waals surface area contributed by atoms with Crippen LogP contribution in [0.2, 0.25) is 0 Å². The molecule has 0 saturated carbocycles. The lowest BCUT2D eigenvalue weighted by atomic mass is 9.97. The number of carbonyl (C=O) groups is 2. The third kappa shape index (κ3) is 7.26. The van der Waals surface area contributed by atoms with Gasteiger partial charge in [-0.15, -0.1) is 0 Å². The van der Waals surface area contributed by atoms with E-state index in [1.807, 2.05) is 16.9 Å². The van der Waals surface area contributed by atoms with E-state index in [-0.39, 0.29) is 17.9 Å². The van der Waals surface area contributed by atoms with Crippen LogP contribution in [0.3, 0.4) is 0 Å². The highest BCUT2D eigenvalue weighted by Crippen LogP contribution is 2.31. The molecular formula is C39H44N6O3. The third-order valence-electron chi connectivity index (χ3n) is 9.07. The second kappa shape index (κ2) is 14.8. The lowest BCUT2D eigenvalue weighted by Gasteiger charge is -2.26. The minimum Gasteiger partial charge on any atom is -0.381 e. The molecule has 1 saturated heterocycles. The zero-order valence-electron chi connectivity index (χ0n) is 28.2. The molecule has 5 aromatic rings. The zero-order valence-corrected chi connectivity index (χ0v) is 28.2. The van der Waals surface area contributed by atoms with Crippen LogP contribution in [-0.4, -0.2) is 45.8 Å². The molecule has 0 unspecified atom stereocenters. The number of nitrogens with one attached hydrogen (secondary N) is 3. The van der Waals surface area contributed by atoms with Crippen molar-refractivity contribution in [1.82, 2.24) is 25.4 Å². The van der Waals surface area contributed by atoms with Gasteiger partial charge >= 0.3 is 0 Å². The minimum absolute atomic E-state index is 0.235. The number of rotatable bonds is 11. The van der Waals surface area contributed by atoms with Crippen LogP contribution >= 0.6 is 0 Å². The van der Waals surface area contributed by atoms with E-state index in [2.05, 4.69) is 85.1 Å². The Bertz CT molecular complexity index is 1940. The molecule has 48 heavy (non-hydrogen) atoms. The molecule has 9 heteroatoms. The minimum atomic E-state index is -0.255. The second-order valence-electron chi connectivity index (χ2n) is 12.5. The van der Waals surface area contributed by atoms with Gasteiger partial charge in [0.2, 0.25) is 0 Å². The summed E-state index contributed by atoms with van der Waals surface area (Å²) in [6.07, 6.45) is 4.39. The lowest BCUT2D eigenvalue weighted by Crippen LogP contribution is -2.30. The fourth-order valence-corrected chi connectivity index (χ4v) is 6.36.